The minimum atomic E-state index is 0.330. The minimum Gasteiger partial charge on any atom is -0.306 e. The molecule has 2 nitrogen and oxygen atoms in total. The van der Waals surface area contributed by atoms with Crippen LogP contribution < -0.4 is 0 Å². The molecular formula is C24H38N2. The van der Waals surface area contributed by atoms with Gasteiger partial charge in [0.05, 0.1) is 0 Å². The Morgan fingerprint density at radius 1 is 1.27 bits per heavy atom. The van der Waals surface area contributed by atoms with Crippen LogP contribution in [0, 0.1) is 24.2 Å². The molecule has 0 N–H and O–H groups in total. The molecule has 0 radical (unpaired) electrons. The molecule has 2 aliphatic carbocycles. The fraction of sp³-hybridized carbons (Fsp3) is 0.750. The molecule has 3 atom stereocenters. The second-order valence-electron chi connectivity index (χ2n) is 10.2. The molecule has 4 rings (SSSR count). The van der Waals surface area contributed by atoms with Gasteiger partial charge in [0.2, 0.25) is 0 Å². The summed E-state index contributed by atoms with van der Waals surface area (Å²) < 4.78 is 0. The molecule has 0 bridgehead atoms. The van der Waals surface area contributed by atoms with Gasteiger partial charge in [-0.3, -0.25) is 0 Å². The maximum absolute atomic E-state index is 2.63. The lowest BCUT2D eigenvalue weighted by Gasteiger charge is -2.49. The topological polar surface area (TPSA) is 6.48 Å². The fourth-order valence-electron chi connectivity index (χ4n) is 6.57. The number of rotatable bonds is 5. The van der Waals surface area contributed by atoms with Crippen LogP contribution in [0.25, 0.3) is 0 Å². The van der Waals surface area contributed by atoms with Crippen molar-refractivity contribution in [2.75, 3.05) is 40.3 Å². The lowest BCUT2D eigenvalue weighted by Crippen LogP contribution is -2.48. The predicted molar refractivity (Wildman–Crippen MR) is 111 cm³/mol. The fourth-order valence-corrected chi connectivity index (χ4v) is 6.57. The van der Waals surface area contributed by atoms with Crippen molar-refractivity contribution in [1.82, 2.24) is 9.80 Å². The highest BCUT2D eigenvalue weighted by Gasteiger charge is 2.58. The van der Waals surface area contributed by atoms with Crippen LogP contribution in [0.3, 0.4) is 0 Å². The third kappa shape index (κ3) is 2.94. The van der Waals surface area contributed by atoms with E-state index in [9.17, 15) is 0 Å². The highest BCUT2D eigenvalue weighted by atomic mass is 15.1. The summed E-state index contributed by atoms with van der Waals surface area (Å²) in [5, 5.41) is 0. The van der Waals surface area contributed by atoms with Gasteiger partial charge >= 0.3 is 0 Å². The van der Waals surface area contributed by atoms with E-state index in [0.29, 0.717) is 16.7 Å². The molecule has 0 amide bonds. The number of hydrogen-bond acceptors (Lipinski definition) is 2. The van der Waals surface area contributed by atoms with Crippen LogP contribution in [0.4, 0.5) is 0 Å². The summed E-state index contributed by atoms with van der Waals surface area (Å²) in [6, 6.07) is 7.07. The SMILES string of the molecule is Cc1cccc2c1C1(CCN(C)CC3CC3)C(C)CN(C)CCC1(C)C2. The van der Waals surface area contributed by atoms with Crippen LogP contribution in [0.15, 0.2) is 18.2 Å². The number of likely N-dealkylation sites (tertiary alicyclic amines) is 1. The first-order chi connectivity index (χ1) is 12.4. The number of hydrogen-bond donors (Lipinski definition) is 0. The first-order valence-corrected chi connectivity index (χ1v) is 10.8. The summed E-state index contributed by atoms with van der Waals surface area (Å²) in [5.41, 5.74) is 5.63. The van der Waals surface area contributed by atoms with Crippen LogP contribution in [0.1, 0.15) is 56.2 Å². The maximum Gasteiger partial charge on any atom is 0.00656 e. The first kappa shape index (κ1) is 18.5. The molecule has 2 heteroatoms. The number of benzene rings is 1. The standard InChI is InChI=1S/C24H38N2/c1-18-7-6-8-21-15-23(3)11-13-25(4)16-19(2)24(23,22(18)21)12-14-26(5)17-20-9-10-20/h6-8,19-20H,9-17H2,1-5H3. The molecular weight excluding hydrogens is 316 g/mol. The van der Waals surface area contributed by atoms with Gasteiger partial charge < -0.3 is 9.80 Å². The average Bonchev–Trinajstić information content (AvgIpc) is 3.35. The number of fused-ring (bicyclic) bond motifs is 3. The van der Waals surface area contributed by atoms with Gasteiger partial charge in [0.1, 0.15) is 0 Å². The summed E-state index contributed by atoms with van der Waals surface area (Å²) >= 11 is 0. The molecule has 26 heavy (non-hydrogen) atoms. The Morgan fingerprint density at radius 3 is 2.77 bits per heavy atom. The Morgan fingerprint density at radius 2 is 2.04 bits per heavy atom. The highest BCUT2D eigenvalue weighted by Crippen LogP contribution is 2.61. The highest BCUT2D eigenvalue weighted by molar-refractivity contribution is 5.49. The Balaban J connectivity index is 1.72. The number of aryl methyl sites for hydroxylation is 1. The minimum absolute atomic E-state index is 0.330. The van der Waals surface area contributed by atoms with Gasteiger partial charge in [0, 0.05) is 18.5 Å². The van der Waals surface area contributed by atoms with E-state index in [1.807, 2.05) is 0 Å². The molecule has 1 aromatic carbocycles. The van der Waals surface area contributed by atoms with Crippen molar-refractivity contribution < 1.29 is 0 Å². The van der Waals surface area contributed by atoms with E-state index in [4.69, 9.17) is 0 Å². The zero-order valence-electron chi connectivity index (χ0n) is 17.6. The Labute approximate surface area is 161 Å². The molecule has 3 aliphatic rings. The molecule has 1 aliphatic heterocycles. The van der Waals surface area contributed by atoms with Gasteiger partial charge in [0.15, 0.2) is 0 Å². The lowest BCUT2D eigenvalue weighted by atomic mass is 9.55. The van der Waals surface area contributed by atoms with E-state index in [0.717, 1.165) is 5.92 Å². The smallest absolute Gasteiger partial charge is 0.00656 e. The van der Waals surface area contributed by atoms with Crippen LogP contribution in [-0.4, -0.2) is 50.1 Å². The van der Waals surface area contributed by atoms with Crippen LogP contribution in [-0.2, 0) is 11.8 Å². The van der Waals surface area contributed by atoms with E-state index < -0.39 is 0 Å². The van der Waals surface area contributed by atoms with E-state index in [1.165, 1.54) is 63.8 Å². The number of nitrogens with zero attached hydrogens (tertiary/aromatic N) is 2. The zero-order valence-corrected chi connectivity index (χ0v) is 17.6. The lowest BCUT2D eigenvalue weighted by molar-refractivity contribution is 0.0825. The summed E-state index contributed by atoms with van der Waals surface area (Å²) in [4.78, 5) is 5.21. The molecule has 144 valence electrons. The van der Waals surface area contributed by atoms with Crippen molar-refractivity contribution in [2.45, 2.75) is 58.3 Å². The quantitative estimate of drug-likeness (QED) is 0.768. The first-order valence-electron chi connectivity index (χ1n) is 10.8. The van der Waals surface area contributed by atoms with Crippen LogP contribution >= 0.6 is 0 Å². The van der Waals surface area contributed by atoms with Gasteiger partial charge in [0.25, 0.3) is 0 Å². The molecule has 1 saturated carbocycles. The van der Waals surface area contributed by atoms with E-state index in [-0.39, 0.29) is 0 Å². The second kappa shape index (κ2) is 6.63. The second-order valence-corrected chi connectivity index (χ2v) is 10.2. The Hall–Kier alpha value is -0.860. The third-order valence-corrected chi connectivity index (χ3v) is 8.09. The Kier molecular flexibility index (Phi) is 4.72. The molecule has 1 aromatic rings. The summed E-state index contributed by atoms with van der Waals surface area (Å²) in [7, 11) is 4.68. The molecule has 1 saturated heterocycles. The Bertz CT molecular complexity index is 664. The van der Waals surface area contributed by atoms with Crippen molar-refractivity contribution in [1.29, 1.82) is 0 Å². The van der Waals surface area contributed by atoms with Gasteiger partial charge in [-0.05, 0) is 100 Å². The largest absolute Gasteiger partial charge is 0.306 e. The normalized spacial score (nSPS) is 34.6. The molecule has 0 aromatic heterocycles. The average molecular weight is 355 g/mol. The summed E-state index contributed by atoms with van der Waals surface area (Å²) in [5.74, 6) is 1.69. The zero-order chi connectivity index (χ0) is 18.5. The molecule has 1 heterocycles. The van der Waals surface area contributed by atoms with Crippen LogP contribution in [0.5, 0.6) is 0 Å². The maximum atomic E-state index is 2.63. The van der Waals surface area contributed by atoms with Crippen molar-refractivity contribution >= 4 is 0 Å². The van der Waals surface area contributed by atoms with Gasteiger partial charge in [-0.2, -0.15) is 0 Å². The van der Waals surface area contributed by atoms with Crippen molar-refractivity contribution in [2.24, 2.45) is 17.3 Å². The molecule has 3 unspecified atom stereocenters. The van der Waals surface area contributed by atoms with Crippen molar-refractivity contribution in [3.8, 4) is 0 Å². The van der Waals surface area contributed by atoms with E-state index in [1.54, 1.807) is 11.1 Å². The van der Waals surface area contributed by atoms with Crippen LogP contribution in [0.2, 0.25) is 0 Å². The van der Waals surface area contributed by atoms with Crippen molar-refractivity contribution in [3.63, 3.8) is 0 Å². The van der Waals surface area contributed by atoms with Crippen molar-refractivity contribution in [3.05, 3.63) is 34.9 Å². The van der Waals surface area contributed by atoms with Gasteiger partial charge in [-0.25, -0.2) is 0 Å². The molecule has 2 fully saturated rings. The monoisotopic (exact) mass is 354 g/mol. The van der Waals surface area contributed by atoms with E-state index in [2.05, 4.69) is 62.9 Å². The van der Waals surface area contributed by atoms with Gasteiger partial charge in [-0.1, -0.05) is 32.0 Å². The summed E-state index contributed by atoms with van der Waals surface area (Å²) in [6.07, 6.45) is 6.83. The summed E-state index contributed by atoms with van der Waals surface area (Å²) in [6.45, 7) is 12.5. The third-order valence-electron chi connectivity index (χ3n) is 8.09. The van der Waals surface area contributed by atoms with Gasteiger partial charge in [-0.15, -0.1) is 0 Å². The van der Waals surface area contributed by atoms with E-state index >= 15 is 0 Å². The predicted octanol–water partition coefficient (Wildman–Crippen LogP) is 4.50. The molecule has 0 spiro atoms.